The molecule has 0 aromatic rings. The first-order valence-corrected chi connectivity index (χ1v) is 3.63. The van der Waals surface area contributed by atoms with Crippen LogP contribution in [-0.2, 0) is 9.53 Å². The predicted octanol–water partition coefficient (Wildman–Crippen LogP) is 1.66. The van der Waals surface area contributed by atoms with Gasteiger partial charge in [0.2, 0.25) is 0 Å². The summed E-state index contributed by atoms with van der Waals surface area (Å²) in [6, 6.07) is 0. The zero-order valence-corrected chi connectivity index (χ0v) is 6.01. The number of carbonyl (C=O) groups excluding carboxylic acids is 1. The Balaban J connectivity index is 1.95. The van der Waals surface area contributed by atoms with Gasteiger partial charge in [-0.25, -0.2) is 0 Å². The number of carbonyl (C=O) groups is 1. The molecule has 10 heavy (non-hydrogen) atoms. The monoisotopic (exact) mass is 140 g/mol. The summed E-state index contributed by atoms with van der Waals surface area (Å²) in [6.07, 6.45) is 5.83. The lowest BCUT2D eigenvalue weighted by Crippen LogP contribution is -2.32. The fourth-order valence-corrected chi connectivity index (χ4v) is 1.01. The molecule has 1 rings (SSSR count). The summed E-state index contributed by atoms with van der Waals surface area (Å²) in [5.41, 5.74) is 0. The maximum Gasteiger partial charge on any atom is 0.309 e. The predicted molar refractivity (Wildman–Crippen MR) is 38.5 cm³/mol. The number of ether oxygens (including phenoxy) is 1. The molecule has 1 aliphatic heterocycles. The summed E-state index contributed by atoms with van der Waals surface area (Å²) in [5.74, 6) is -0.0522. The highest BCUT2D eigenvalue weighted by molar-refractivity contribution is 5.75. The van der Waals surface area contributed by atoms with Crippen LogP contribution in [0.2, 0.25) is 0 Å². The summed E-state index contributed by atoms with van der Waals surface area (Å²) in [7, 11) is 0. The van der Waals surface area contributed by atoms with E-state index in [4.69, 9.17) is 4.74 Å². The zero-order valence-electron chi connectivity index (χ0n) is 6.01. The minimum absolute atomic E-state index is 0.0522. The summed E-state index contributed by atoms with van der Waals surface area (Å²) >= 11 is 0. The molecule has 1 atom stereocenters. The van der Waals surface area contributed by atoms with E-state index >= 15 is 0 Å². The molecule has 0 aromatic heterocycles. The van der Waals surface area contributed by atoms with E-state index in [1.54, 1.807) is 0 Å². The lowest BCUT2D eigenvalue weighted by atomic mass is 10.1. The Morgan fingerprint density at radius 2 is 2.50 bits per heavy atom. The Morgan fingerprint density at radius 1 is 1.80 bits per heavy atom. The molecule has 2 heteroatoms. The van der Waals surface area contributed by atoms with Gasteiger partial charge >= 0.3 is 5.97 Å². The van der Waals surface area contributed by atoms with Crippen LogP contribution in [-0.4, -0.2) is 12.1 Å². The highest BCUT2D eigenvalue weighted by Crippen LogP contribution is 2.18. The van der Waals surface area contributed by atoms with Crippen molar-refractivity contribution in [1.82, 2.24) is 0 Å². The van der Waals surface area contributed by atoms with E-state index < -0.39 is 0 Å². The summed E-state index contributed by atoms with van der Waals surface area (Å²) in [5, 5.41) is 0. The minimum atomic E-state index is -0.0522. The van der Waals surface area contributed by atoms with Crippen molar-refractivity contribution in [2.75, 3.05) is 0 Å². The number of hydrogen-bond acceptors (Lipinski definition) is 2. The molecule has 1 saturated heterocycles. The minimum Gasteiger partial charge on any atom is -0.462 e. The van der Waals surface area contributed by atoms with Gasteiger partial charge in [-0.05, 0) is 19.3 Å². The number of rotatable bonds is 4. The number of hydrogen-bond donors (Lipinski definition) is 0. The van der Waals surface area contributed by atoms with Crippen LogP contribution in [0.25, 0.3) is 0 Å². The van der Waals surface area contributed by atoms with Crippen molar-refractivity contribution in [3.8, 4) is 0 Å². The molecule has 0 spiro atoms. The molecule has 56 valence electrons. The largest absolute Gasteiger partial charge is 0.462 e. The van der Waals surface area contributed by atoms with E-state index in [2.05, 4.69) is 6.58 Å². The third kappa shape index (κ3) is 1.87. The van der Waals surface area contributed by atoms with Gasteiger partial charge in [0.15, 0.2) is 0 Å². The normalized spacial score (nSPS) is 23.2. The Hall–Kier alpha value is -0.790. The van der Waals surface area contributed by atoms with E-state index in [0.717, 1.165) is 19.3 Å². The van der Waals surface area contributed by atoms with Crippen molar-refractivity contribution in [2.45, 2.75) is 31.8 Å². The van der Waals surface area contributed by atoms with Crippen molar-refractivity contribution in [3.63, 3.8) is 0 Å². The molecule has 0 aromatic carbocycles. The molecule has 0 N–H and O–H groups in total. The molecule has 1 unspecified atom stereocenters. The third-order valence-electron chi connectivity index (χ3n) is 1.63. The lowest BCUT2D eigenvalue weighted by molar-refractivity contribution is -0.169. The second kappa shape index (κ2) is 3.40. The second-order valence-corrected chi connectivity index (χ2v) is 2.54. The molecule has 2 nitrogen and oxygen atoms in total. The van der Waals surface area contributed by atoms with Crippen LogP contribution in [0, 0.1) is 0 Å². The Kier molecular flexibility index (Phi) is 2.49. The zero-order chi connectivity index (χ0) is 7.40. The van der Waals surface area contributed by atoms with E-state index in [1.807, 2.05) is 6.08 Å². The number of esters is 1. The Bertz CT molecular complexity index is 132. The topological polar surface area (TPSA) is 26.3 Å². The average Bonchev–Trinajstić information content (AvgIpc) is 1.85. The standard InChI is InChI=1S/C8H12O2/c1-2-3-4-5-7-6-8(9)10-7/h2,7H,1,3-6H2. The van der Waals surface area contributed by atoms with Crippen LogP contribution in [0.5, 0.6) is 0 Å². The van der Waals surface area contributed by atoms with Gasteiger partial charge in [0.1, 0.15) is 6.10 Å². The van der Waals surface area contributed by atoms with Crippen molar-refractivity contribution in [3.05, 3.63) is 12.7 Å². The summed E-state index contributed by atoms with van der Waals surface area (Å²) < 4.78 is 4.81. The maximum atomic E-state index is 10.3. The van der Waals surface area contributed by atoms with Gasteiger partial charge in [-0.2, -0.15) is 0 Å². The van der Waals surface area contributed by atoms with E-state index in [-0.39, 0.29) is 12.1 Å². The van der Waals surface area contributed by atoms with Gasteiger partial charge in [0, 0.05) is 0 Å². The average molecular weight is 140 g/mol. The van der Waals surface area contributed by atoms with Gasteiger partial charge in [0.25, 0.3) is 0 Å². The van der Waals surface area contributed by atoms with Crippen LogP contribution in [0.4, 0.5) is 0 Å². The van der Waals surface area contributed by atoms with Crippen LogP contribution in [0.15, 0.2) is 12.7 Å². The maximum absolute atomic E-state index is 10.3. The number of cyclic esters (lactones) is 1. The fraction of sp³-hybridized carbons (Fsp3) is 0.625. The van der Waals surface area contributed by atoms with Gasteiger partial charge in [-0.3, -0.25) is 4.79 Å². The molecule has 0 aliphatic carbocycles. The van der Waals surface area contributed by atoms with Crippen LogP contribution in [0.1, 0.15) is 25.7 Å². The van der Waals surface area contributed by atoms with Crippen molar-refractivity contribution < 1.29 is 9.53 Å². The molecule has 0 radical (unpaired) electrons. The Morgan fingerprint density at radius 3 is 3.00 bits per heavy atom. The molecule has 1 fully saturated rings. The van der Waals surface area contributed by atoms with Crippen LogP contribution in [0.3, 0.4) is 0 Å². The lowest BCUT2D eigenvalue weighted by Gasteiger charge is -2.24. The van der Waals surface area contributed by atoms with E-state index in [9.17, 15) is 4.79 Å². The van der Waals surface area contributed by atoms with Gasteiger partial charge < -0.3 is 4.74 Å². The molecule has 1 aliphatic rings. The molecule has 0 bridgehead atoms. The molecular weight excluding hydrogens is 128 g/mol. The van der Waals surface area contributed by atoms with Crippen LogP contribution < -0.4 is 0 Å². The first-order chi connectivity index (χ1) is 4.83. The molecule has 0 saturated carbocycles. The van der Waals surface area contributed by atoms with Crippen molar-refractivity contribution >= 4 is 5.97 Å². The SMILES string of the molecule is C=CCCCC1CC(=O)O1. The van der Waals surface area contributed by atoms with Crippen molar-refractivity contribution in [1.29, 1.82) is 0 Å². The van der Waals surface area contributed by atoms with Crippen LogP contribution >= 0.6 is 0 Å². The van der Waals surface area contributed by atoms with Gasteiger partial charge in [0.05, 0.1) is 6.42 Å². The van der Waals surface area contributed by atoms with E-state index in [1.165, 1.54) is 0 Å². The quantitative estimate of drug-likeness (QED) is 0.337. The van der Waals surface area contributed by atoms with Gasteiger partial charge in [-0.1, -0.05) is 6.08 Å². The fourth-order valence-electron chi connectivity index (χ4n) is 1.01. The summed E-state index contributed by atoms with van der Waals surface area (Å²) in [4.78, 5) is 10.3. The van der Waals surface area contributed by atoms with E-state index in [0.29, 0.717) is 6.42 Å². The third-order valence-corrected chi connectivity index (χ3v) is 1.63. The van der Waals surface area contributed by atoms with Gasteiger partial charge in [-0.15, -0.1) is 6.58 Å². The first-order valence-electron chi connectivity index (χ1n) is 3.63. The Labute approximate surface area is 60.9 Å². The number of unbranched alkanes of at least 4 members (excludes halogenated alkanes) is 1. The number of allylic oxidation sites excluding steroid dienone is 1. The molecule has 1 heterocycles. The first kappa shape index (κ1) is 7.32. The second-order valence-electron chi connectivity index (χ2n) is 2.54. The molecular formula is C8H12O2. The highest BCUT2D eigenvalue weighted by atomic mass is 16.6. The summed E-state index contributed by atoms with van der Waals surface area (Å²) in [6.45, 7) is 3.61. The molecule has 0 amide bonds. The van der Waals surface area contributed by atoms with Crippen molar-refractivity contribution in [2.24, 2.45) is 0 Å². The smallest absolute Gasteiger partial charge is 0.309 e. The highest BCUT2D eigenvalue weighted by Gasteiger charge is 2.26.